The molecule has 0 heterocycles. The Balaban J connectivity index is 4.11. The molecule has 0 aromatic carbocycles. The van der Waals surface area contributed by atoms with Gasteiger partial charge in [0.2, 0.25) is 0 Å². The van der Waals surface area contributed by atoms with Crippen LogP contribution < -0.4 is 0 Å². The lowest BCUT2D eigenvalue weighted by atomic mass is 9.98. The molecule has 0 saturated carbocycles. The zero-order chi connectivity index (χ0) is 8.85. The Morgan fingerprint density at radius 3 is 2.55 bits per heavy atom. The van der Waals surface area contributed by atoms with E-state index in [1.165, 1.54) is 0 Å². The van der Waals surface area contributed by atoms with Gasteiger partial charge in [-0.25, -0.2) is 0 Å². The van der Waals surface area contributed by atoms with E-state index in [0.717, 1.165) is 5.57 Å². The van der Waals surface area contributed by atoms with E-state index in [2.05, 4.69) is 6.58 Å². The van der Waals surface area contributed by atoms with Crippen molar-refractivity contribution >= 4 is 5.97 Å². The van der Waals surface area contributed by atoms with Crippen LogP contribution in [-0.2, 0) is 4.79 Å². The molecule has 1 N–H and O–H groups in total. The van der Waals surface area contributed by atoms with Crippen LogP contribution in [0.2, 0.25) is 0 Å². The number of allylic oxidation sites excluding steroid dienone is 3. The molecule has 1 atom stereocenters. The van der Waals surface area contributed by atoms with Crippen molar-refractivity contribution in [2.45, 2.75) is 20.3 Å². The summed E-state index contributed by atoms with van der Waals surface area (Å²) in [6.07, 6.45) is 3.76. The highest BCUT2D eigenvalue weighted by Crippen LogP contribution is 2.14. The summed E-state index contributed by atoms with van der Waals surface area (Å²) < 4.78 is 0. The number of carboxylic acid groups (broad SMARTS) is 1. The second kappa shape index (κ2) is 4.72. The van der Waals surface area contributed by atoms with Gasteiger partial charge in [0, 0.05) is 0 Å². The van der Waals surface area contributed by atoms with E-state index in [-0.39, 0.29) is 12.3 Å². The van der Waals surface area contributed by atoms with Gasteiger partial charge in [0.25, 0.3) is 0 Å². The summed E-state index contributed by atoms with van der Waals surface area (Å²) in [5.41, 5.74) is 0.993. The van der Waals surface area contributed by atoms with E-state index in [4.69, 9.17) is 5.11 Å². The predicted octanol–water partition coefficient (Wildman–Crippen LogP) is 2.23. The molecule has 0 aliphatic carbocycles. The summed E-state index contributed by atoms with van der Waals surface area (Å²) in [6, 6.07) is 0. The van der Waals surface area contributed by atoms with E-state index in [1.807, 2.05) is 19.9 Å². The third-order valence-corrected chi connectivity index (χ3v) is 1.62. The summed E-state index contributed by atoms with van der Waals surface area (Å²) in [5.74, 6) is -0.700. The molecule has 11 heavy (non-hydrogen) atoms. The molecule has 0 saturated heterocycles. The van der Waals surface area contributed by atoms with E-state index in [1.54, 1.807) is 6.08 Å². The summed E-state index contributed by atoms with van der Waals surface area (Å²) in [6.45, 7) is 7.36. The quantitative estimate of drug-likeness (QED) is 0.630. The molecule has 0 aromatic rings. The van der Waals surface area contributed by atoms with E-state index >= 15 is 0 Å². The van der Waals surface area contributed by atoms with Gasteiger partial charge in [-0.05, 0) is 18.4 Å². The topological polar surface area (TPSA) is 37.3 Å². The lowest BCUT2D eigenvalue weighted by Crippen LogP contribution is -2.05. The van der Waals surface area contributed by atoms with Crippen LogP contribution in [-0.4, -0.2) is 11.1 Å². The highest BCUT2D eigenvalue weighted by Gasteiger charge is 2.08. The third kappa shape index (κ3) is 3.61. The Morgan fingerprint density at radius 1 is 1.73 bits per heavy atom. The van der Waals surface area contributed by atoms with Gasteiger partial charge in [-0.3, -0.25) is 4.79 Å². The van der Waals surface area contributed by atoms with Crippen LogP contribution in [0.4, 0.5) is 0 Å². The number of rotatable bonds is 4. The fourth-order valence-electron chi connectivity index (χ4n) is 0.983. The van der Waals surface area contributed by atoms with Gasteiger partial charge in [-0.1, -0.05) is 25.7 Å². The van der Waals surface area contributed by atoms with Gasteiger partial charge >= 0.3 is 5.97 Å². The maximum Gasteiger partial charge on any atom is 0.303 e. The Bertz CT molecular complexity index is 180. The fraction of sp³-hybridized carbons (Fsp3) is 0.444. The molecular formula is C9H14O2. The van der Waals surface area contributed by atoms with Crippen molar-refractivity contribution in [3.05, 3.63) is 24.3 Å². The molecule has 0 aliphatic heterocycles. The predicted molar refractivity (Wildman–Crippen MR) is 45.4 cm³/mol. The number of carbonyl (C=O) groups is 1. The smallest absolute Gasteiger partial charge is 0.303 e. The molecule has 1 unspecified atom stereocenters. The normalized spacial score (nSPS) is 14.2. The van der Waals surface area contributed by atoms with Gasteiger partial charge in [0.15, 0.2) is 0 Å². The first kappa shape index (κ1) is 9.95. The average molecular weight is 154 g/mol. The molecule has 0 aliphatic rings. The summed E-state index contributed by atoms with van der Waals surface area (Å²) in [5, 5.41) is 8.46. The Kier molecular flexibility index (Phi) is 4.27. The van der Waals surface area contributed by atoms with Crippen molar-refractivity contribution in [3.8, 4) is 0 Å². The Hall–Kier alpha value is -1.05. The van der Waals surface area contributed by atoms with Crippen molar-refractivity contribution in [1.82, 2.24) is 0 Å². The minimum absolute atomic E-state index is 0.0648. The second-order valence-electron chi connectivity index (χ2n) is 2.49. The third-order valence-electron chi connectivity index (χ3n) is 1.62. The van der Waals surface area contributed by atoms with Crippen LogP contribution in [0.3, 0.4) is 0 Å². The molecule has 0 aromatic heterocycles. The highest BCUT2D eigenvalue weighted by atomic mass is 16.4. The van der Waals surface area contributed by atoms with E-state index < -0.39 is 5.97 Å². The number of hydrogen-bond donors (Lipinski definition) is 1. The fourth-order valence-corrected chi connectivity index (χ4v) is 0.983. The minimum atomic E-state index is -0.765. The number of hydrogen-bond acceptors (Lipinski definition) is 1. The second-order valence-corrected chi connectivity index (χ2v) is 2.49. The molecule has 0 rings (SSSR count). The molecule has 0 radical (unpaired) electrons. The Morgan fingerprint density at radius 2 is 2.27 bits per heavy atom. The van der Waals surface area contributed by atoms with Crippen LogP contribution >= 0.6 is 0 Å². The average Bonchev–Trinajstić information content (AvgIpc) is 1.88. The molecule has 0 bridgehead atoms. The summed E-state index contributed by atoms with van der Waals surface area (Å²) >= 11 is 0. The first-order valence-electron chi connectivity index (χ1n) is 3.62. The molecule has 0 amide bonds. The lowest BCUT2D eigenvalue weighted by Gasteiger charge is -2.08. The zero-order valence-electron chi connectivity index (χ0n) is 7.00. The largest absolute Gasteiger partial charge is 0.481 e. The van der Waals surface area contributed by atoms with Gasteiger partial charge in [-0.2, -0.15) is 0 Å². The molecule has 2 heteroatoms. The first-order chi connectivity index (χ1) is 5.11. The van der Waals surface area contributed by atoms with Crippen molar-refractivity contribution in [2.24, 2.45) is 5.92 Å². The van der Waals surface area contributed by atoms with Gasteiger partial charge < -0.3 is 5.11 Å². The monoisotopic (exact) mass is 154 g/mol. The number of aliphatic carboxylic acids is 1. The Labute approximate surface area is 67.2 Å². The van der Waals surface area contributed by atoms with Crippen molar-refractivity contribution in [1.29, 1.82) is 0 Å². The minimum Gasteiger partial charge on any atom is -0.481 e. The van der Waals surface area contributed by atoms with Gasteiger partial charge in [0.1, 0.15) is 0 Å². The van der Waals surface area contributed by atoms with Crippen molar-refractivity contribution in [2.75, 3.05) is 0 Å². The summed E-state index contributed by atoms with van der Waals surface area (Å²) in [4.78, 5) is 10.3. The van der Waals surface area contributed by atoms with Gasteiger partial charge in [0.05, 0.1) is 6.42 Å². The van der Waals surface area contributed by atoms with Crippen LogP contribution in [0, 0.1) is 5.92 Å². The SMILES string of the molecule is C=C/C(=C\C)C(C)CC(=O)O. The maximum absolute atomic E-state index is 10.3. The molecule has 0 spiro atoms. The summed E-state index contributed by atoms with van der Waals surface area (Å²) in [7, 11) is 0. The van der Waals surface area contributed by atoms with Crippen LogP contribution in [0.25, 0.3) is 0 Å². The van der Waals surface area contributed by atoms with Crippen LogP contribution in [0.1, 0.15) is 20.3 Å². The van der Waals surface area contributed by atoms with Crippen molar-refractivity contribution < 1.29 is 9.90 Å². The molecule has 0 fully saturated rings. The van der Waals surface area contributed by atoms with E-state index in [0.29, 0.717) is 0 Å². The first-order valence-corrected chi connectivity index (χ1v) is 3.62. The van der Waals surface area contributed by atoms with Gasteiger partial charge in [-0.15, -0.1) is 0 Å². The molecule has 62 valence electrons. The highest BCUT2D eigenvalue weighted by molar-refractivity contribution is 5.67. The van der Waals surface area contributed by atoms with Crippen LogP contribution in [0.5, 0.6) is 0 Å². The van der Waals surface area contributed by atoms with Crippen molar-refractivity contribution in [3.63, 3.8) is 0 Å². The zero-order valence-corrected chi connectivity index (χ0v) is 7.00. The lowest BCUT2D eigenvalue weighted by molar-refractivity contribution is -0.137. The molecule has 2 nitrogen and oxygen atoms in total. The number of carboxylic acids is 1. The maximum atomic E-state index is 10.3. The van der Waals surface area contributed by atoms with Crippen LogP contribution in [0.15, 0.2) is 24.3 Å². The van der Waals surface area contributed by atoms with E-state index in [9.17, 15) is 4.79 Å². The standard InChI is InChI=1S/C9H14O2/c1-4-8(5-2)7(3)6-9(10)11/h4-5,7H,1,6H2,2-3H3,(H,10,11)/b8-5+. The molecular weight excluding hydrogens is 140 g/mol.